The second-order valence-electron chi connectivity index (χ2n) is 5.99. The van der Waals surface area contributed by atoms with Crippen LogP contribution in [0, 0.1) is 5.92 Å². The van der Waals surface area contributed by atoms with E-state index in [0.717, 1.165) is 42.5 Å². The van der Waals surface area contributed by atoms with Crippen LogP contribution < -0.4 is 5.56 Å². The van der Waals surface area contributed by atoms with Gasteiger partial charge in [-0.15, -0.1) is 0 Å². The highest BCUT2D eigenvalue weighted by atomic mass is 16.1. The SMILES string of the molecule is CC(C)Cc1ccc(-c2nc3c(c(=O)[nH]2)CCC3)cc1. The molecule has 1 aromatic heterocycles. The van der Waals surface area contributed by atoms with Gasteiger partial charge in [0.05, 0.1) is 5.69 Å². The average molecular weight is 268 g/mol. The third-order valence-corrected chi connectivity index (χ3v) is 3.81. The lowest BCUT2D eigenvalue weighted by Gasteiger charge is -2.07. The summed E-state index contributed by atoms with van der Waals surface area (Å²) >= 11 is 0. The number of hydrogen-bond donors (Lipinski definition) is 1. The summed E-state index contributed by atoms with van der Waals surface area (Å²) in [7, 11) is 0. The molecule has 20 heavy (non-hydrogen) atoms. The highest BCUT2D eigenvalue weighted by Gasteiger charge is 2.17. The molecule has 0 spiro atoms. The van der Waals surface area contributed by atoms with Crippen molar-refractivity contribution in [3.63, 3.8) is 0 Å². The van der Waals surface area contributed by atoms with E-state index in [9.17, 15) is 4.79 Å². The Bertz CT molecular complexity index is 668. The summed E-state index contributed by atoms with van der Waals surface area (Å²) in [5, 5.41) is 0. The molecule has 0 atom stereocenters. The number of benzene rings is 1. The van der Waals surface area contributed by atoms with E-state index in [0.29, 0.717) is 11.7 Å². The minimum atomic E-state index is 0.0359. The lowest BCUT2D eigenvalue weighted by atomic mass is 10.0. The number of rotatable bonds is 3. The van der Waals surface area contributed by atoms with Crippen molar-refractivity contribution in [2.75, 3.05) is 0 Å². The molecule has 1 aliphatic rings. The molecular weight excluding hydrogens is 248 g/mol. The molecule has 3 nitrogen and oxygen atoms in total. The summed E-state index contributed by atoms with van der Waals surface area (Å²) in [6, 6.07) is 8.36. The summed E-state index contributed by atoms with van der Waals surface area (Å²) in [5.41, 5.74) is 4.21. The molecule has 1 N–H and O–H groups in total. The van der Waals surface area contributed by atoms with E-state index in [1.54, 1.807) is 0 Å². The third kappa shape index (κ3) is 2.53. The first-order valence-electron chi connectivity index (χ1n) is 7.35. The maximum Gasteiger partial charge on any atom is 0.254 e. The molecule has 1 heterocycles. The fourth-order valence-corrected chi connectivity index (χ4v) is 2.85. The molecule has 3 heteroatoms. The molecule has 0 aliphatic heterocycles. The second kappa shape index (κ2) is 5.23. The minimum Gasteiger partial charge on any atom is -0.306 e. The molecule has 0 saturated carbocycles. The maximum absolute atomic E-state index is 12.0. The lowest BCUT2D eigenvalue weighted by molar-refractivity contribution is 0.647. The normalized spacial score (nSPS) is 13.8. The van der Waals surface area contributed by atoms with Crippen molar-refractivity contribution in [3.05, 3.63) is 51.4 Å². The van der Waals surface area contributed by atoms with Crippen molar-refractivity contribution in [1.82, 2.24) is 9.97 Å². The van der Waals surface area contributed by atoms with E-state index in [1.807, 2.05) is 0 Å². The van der Waals surface area contributed by atoms with Crippen LogP contribution in [-0.4, -0.2) is 9.97 Å². The van der Waals surface area contributed by atoms with Crippen molar-refractivity contribution < 1.29 is 0 Å². The summed E-state index contributed by atoms with van der Waals surface area (Å²) in [6.07, 6.45) is 3.92. The molecule has 104 valence electrons. The molecule has 0 saturated heterocycles. The van der Waals surface area contributed by atoms with E-state index in [2.05, 4.69) is 48.1 Å². The monoisotopic (exact) mass is 268 g/mol. The van der Waals surface area contributed by atoms with Crippen molar-refractivity contribution in [2.45, 2.75) is 39.5 Å². The van der Waals surface area contributed by atoms with E-state index in [-0.39, 0.29) is 5.56 Å². The van der Waals surface area contributed by atoms with Crippen molar-refractivity contribution >= 4 is 0 Å². The molecule has 0 fully saturated rings. The maximum atomic E-state index is 12.0. The van der Waals surface area contributed by atoms with Crippen molar-refractivity contribution in [1.29, 1.82) is 0 Å². The van der Waals surface area contributed by atoms with Crippen LogP contribution in [0.25, 0.3) is 11.4 Å². The van der Waals surface area contributed by atoms with Crippen LogP contribution in [-0.2, 0) is 19.3 Å². The van der Waals surface area contributed by atoms with Crippen LogP contribution in [0.1, 0.15) is 37.1 Å². The Labute approximate surface area is 119 Å². The first kappa shape index (κ1) is 13.1. The predicted octanol–water partition coefficient (Wildman–Crippen LogP) is 3.12. The molecule has 0 radical (unpaired) electrons. The zero-order chi connectivity index (χ0) is 14.1. The molecule has 3 rings (SSSR count). The number of H-pyrrole nitrogens is 1. The summed E-state index contributed by atoms with van der Waals surface area (Å²) in [4.78, 5) is 19.6. The zero-order valence-electron chi connectivity index (χ0n) is 12.1. The predicted molar refractivity (Wildman–Crippen MR) is 80.9 cm³/mol. The molecule has 1 aromatic carbocycles. The Morgan fingerprint density at radius 3 is 2.65 bits per heavy atom. The highest BCUT2D eigenvalue weighted by Crippen LogP contribution is 2.21. The van der Waals surface area contributed by atoms with Gasteiger partial charge in [0, 0.05) is 11.1 Å². The van der Waals surface area contributed by atoms with Gasteiger partial charge in [-0.3, -0.25) is 4.79 Å². The van der Waals surface area contributed by atoms with Gasteiger partial charge in [0.1, 0.15) is 5.82 Å². The van der Waals surface area contributed by atoms with Crippen molar-refractivity contribution in [2.24, 2.45) is 5.92 Å². The Morgan fingerprint density at radius 1 is 1.20 bits per heavy atom. The number of fused-ring (bicyclic) bond motifs is 1. The largest absolute Gasteiger partial charge is 0.306 e. The van der Waals surface area contributed by atoms with E-state index in [1.165, 1.54) is 5.56 Å². The highest BCUT2D eigenvalue weighted by molar-refractivity contribution is 5.55. The number of aromatic amines is 1. The molecule has 1 aliphatic carbocycles. The van der Waals surface area contributed by atoms with E-state index < -0.39 is 0 Å². The molecular formula is C17H20N2O. The van der Waals surface area contributed by atoms with Crippen molar-refractivity contribution in [3.8, 4) is 11.4 Å². The van der Waals surface area contributed by atoms with Gasteiger partial charge in [-0.1, -0.05) is 38.1 Å². The zero-order valence-corrected chi connectivity index (χ0v) is 12.1. The van der Waals surface area contributed by atoms with Gasteiger partial charge >= 0.3 is 0 Å². The standard InChI is InChI=1S/C17H20N2O/c1-11(2)10-12-6-8-13(9-7-12)16-18-15-5-3-4-14(15)17(20)19-16/h6-9,11H,3-5,10H2,1-2H3,(H,18,19,20). The van der Waals surface area contributed by atoms with E-state index in [4.69, 9.17) is 0 Å². The Kier molecular flexibility index (Phi) is 3.43. The van der Waals surface area contributed by atoms with E-state index >= 15 is 0 Å². The van der Waals surface area contributed by atoms with Crippen LogP contribution in [0.3, 0.4) is 0 Å². The van der Waals surface area contributed by atoms with Crippen LogP contribution in [0.5, 0.6) is 0 Å². The van der Waals surface area contributed by atoms with Gasteiger partial charge in [0.25, 0.3) is 5.56 Å². The molecule has 0 bridgehead atoms. The van der Waals surface area contributed by atoms with Crippen LogP contribution in [0.2, 0.25) is 0 Å². The van der Waals surface area contributed by atoms with Gasteiger partial charge in [-0.25, -0.2) is 4.98 Å². The van der Waals surface area contributed by atoms with Gasteiger partial charge in [0.15, 0.2) is 0 Å². The summed E-state index contributed by atoms with van der Waals surface area (Å²) in [6.45, 7) is 4.43. The van der Waals surface area contributed by atoms with Crippen LogP contribution in [0.4, 0.5) is 0 Å². The Hall–Kier alpha value is -1.90. The van der Waals surface area contributed by atoms with Gasteiger partial charge in [0.2, 0.25) is 0 Å². The number of aryl methyl sites for hydroxylation is 1. The van der Waals surface area contributed by atoms with Gasteiger partial charge < -0.3 is 4.98 Å². The lowest BCUT2D eigenvalue weighted by Crippen LogP contribution is -2.15. The second-order valence-corrected chi connectivity index (χ2v) is 5.99. The summed E-state index contributed by atoms with van der Waals surface area (Å²) < 4.78 is 0. The quantitative estimate of drug-likeness (QED) is 0.929. The molecule has 0 amide bonds. The average Bonchev–Trinajstić information content (AvgIpc) is 2.87. The molecule has 2 aromatic rings. The molecule has 0 unspecified atom stereocenters. The fraction of sp³-hybridized carbons (Fsp3) is 0.412. The first-order chi connectivity index (χ1) is 9.63. The number of nitrogens with zero attached hydrogens (tertiary/aromatic N) is 1. The topological polar surface area (TPSA) is 45.8 Å². The van der Waals surface area contributed by atoms with Crippen LogP contribution in [0.15, 0.2) is 29.1 Å². The first-order valence-corrected chi connectivity index (χ1v) is 7.35. The third-order valence-electron chi connectivity index (χ3n) is 3.81. The Balaban J connectivity index is 1.93. The smallest absolute Gasteiger partial charge is 0.254 e. The number of nitrogens with one attached hydrogen (secondary N) is 1. The number of hydrogen-bond acceptors (Lipinski definition) is 2. The van der Waals surface area contributed by atoms with Gasteiger partial charge in [-0.05, 0) is 37.2 Å². The fourth-order valence-electron chi connectivity index (χ4n) is 2.85. The van der Waals surface area contributed by atoms with Gasteiger partial charge in [-0.2, -0.15) is 0 Å². The Morgan fingerprint density at radius 2 is 1.95 bits per heavy atom. The minimum absolute atomic E-state index is 0.0359. The summed E-state index contributed by atoms with van der Waals surface area (Å²) in [5.74, 6) is 1.35. The van der Waals surface area contributed by atoms with Crippen LogP contribution >= 0.6 is 0 Å². The number of aromatic nitrogens is 2.